The number of aryl methyl sites for hydroxylation is 1. The number of aromatic nitrogens is 1. The highest BCUT2D eigenvalue weighted by Crippen LogP contribution is 1.96. The molecule has 1 rings (SSSR count). The minimum Gasteiger partial charge on any atom is -0.365 e. The summed E-state index contributed by atoms with van der Waals surface area (Å²) >= 11 is 11.1. The van der Waals surface area contributed by atoms with Gasteiger partial charge in [-0.25, -0.2) is 5.84 Å². The number of rotatable bonds is 2. The molecule has 4 N–H and O–H groups in total. The number of carbonyl (C=O) groups is 2. The number of hydrogen-bond donors (Lipinski definition) is 3. The molecule has 0 spiro atoms. The van der Waals surface area contributed by atoms with Gasteiger partial charge >= 0.3 is 0 Å². The molecule has 0 amide bonds. The van der Waals surface area contributed by atoms with Crippen molar-refractivity contribution in [3.05, 3.63) is 15.9 Å². The zero-order valence-electron chi connectivity index (χ0n) is 17.2. The van der Waals surface area contributed by atoms with Crippen LogP contribution in [0.3, 0.4) is 0 Å². The predicted molar refractivity (Wildman–Crippen MR) is 119 cm³/mol. The Morgan fingerprint density at radius 3 is 1.93 bits per heavy atom. The molecular weight excluding hydrogens is 408 g/mol. The first-order chi connectivity index (χ1) is 12.4. The quantitative estimate of drug-likeness (QED) is 0.214. The van der Waals surface area contributed by atoms with Crippen LogP contribution in [0.2, 0.25) is 0 Å². The second-order valence-electron chi connectivity index (χ2n) is 5.33. The maximum absolute atomic E-state index is 9.68. The Kier molecular flexibility index (Phi) is 21.4. The number of ketones is 2. The van der Waals surface area contributed by atoms with Gasteiger partial charge in [-0.15, -0.1) is 28.0 Å². The molecule has 0 aliphatic carbocycles. The second kappa shape index (κ2) is 19.2. The van der Waals surface area contributed by atoms with E-state index in [1.165, 1.54) is 26.5 Å². The molecule has 1 heterocycles. The molecular formula is C16H31ClN6O2S2. The Bertz CT molecular complexity index is 654. The lowest BCUT2D eigenvalue weighted by Crippen LogP contribution is -2.37. The molecule has 0 radical (unpaired) electrons. The van der Waals surface area contributed by atoms with Gasteiger partial charge in [0.1, 0.15) is 11.6 Å². The van der Waals surface area contributed by atoms with Crippen molar-refractivity contribution >= 4 is 57.5 Å². The fourth-order valence-electron chi connectivity index (χ4n) is 0.753. The maximum Gasteiger partial charge on any atom is 0.210 e. The zero-order valence-corrected chi connectivity index (χ0v) is 19.6. The molecule has 0 saturated carbocycles. The number of nitrogens with one attached hydrogen (secondary N) is 2. The van der Waals surface area contributed by atoms with E-state index in [-0.39, 0.29) is 17.4 Å². The van der Waals surface area contributed by atoms with Crippen LogP contribution in [0.25, 0.3) is 0 Å². The van der Waals surface area contributed by atoms with Crippen LogP contribution in [0.1, 0.15) is 40.3 Å². The van der Waals surface area contributed by atoms with Crippen LogP contribution in [0.5, 0.6) is 0 Å². The van der Waals surface area contributed by atoms with Crippen molar-refractivity contribution in [3.63, 3.8) is 0 Å². The number of Topliss-reactive ketones (excluding diaryl/α,β-unsaturated/α-hetero) is 2. The van der Waals surface area contributed by atoms with Crippen molar-refractivity contribution in [2.45, 2.75) is 41.5 Å². The average Bonchev–Trinajstić information content (AvgIpc) is 2.91. The number of thiocarbonyl (C=S) groups is 1. The Labute approximate surface area is 175 Å². The summed E-state index contributed by atoms with van der Waals surface area (Å²) in [5, 5.41) is 13.2. The number of hydrazine groups is 1. The fourth-order valence-corrected chi connectivity index (χ4v) is 1.58. The highest BCUT2D eigenvalue weighted by molar-refractivity contribution is 7.80. The van der Waals surface area contributed by atoms with E-state index in [0.29, 0.717) is 5.11 Å². The van der Waals surface area contributed by atoms with Crippen LogP contribution < -0.4 is 21.4 Å². The lowest BCUT2D eigenvalue weighted by atomic mass is 10.5. The zero-order chi connectivity index (χ0) is 22.0. The number of halogens is 1. The standard InChI is InChI=1S/C8H13N3S.C3H5ClO.C3H6O.C2H7N3S/c1-6(2)9-10-8-11(4)7(3)5-12-8;1-3(5)2-4;1-3(2)4;1-4-2(6)5-3/h5H,1-4H3;2H2,1H3;1-2H3;3H2,1H3,(H2,4,5,6)/b10-8-;;;. The van der Waals surface area contributed by atoms with Crippen molar-refractivity contribution in [2.75, 3.05) is 12.9 Å². The van der Waals surface area contributed by atoms with E-state index in [4.69, 9.17) is 17.4 Å². The lowest BCUT2D eigenvalue weighted by molar-refractivity contribution is -0.115. The largest absolute Gasteiger partial charge is 0.365 e. The Hall–Kier alpha value is -1.62. The smallest absolute Gasteiger partial charge is 0.210 e. The Morgan fingerprint density at radius 2 is 1.74 bits per heavy atom. The van der Waals surface area contributed by atoms with Crippen LogP contribution in [0.4, 0.5) is 0 Å². The van der Waals surface area contributed by atoms with Crippen molar-refractivity contribution in [3.8, 4) is 0 Å². The van der Waals surface area contributed by atoms with Crippen LogP contribution in [0, 0.1) is 6.92 Å². The van der Waals surface area contributed by atoms with E-state index in [2.05, 4.69) is 45.5 Å². The molecule has 0 atom stereocenters. The number of thiazole rings is 1. The van der Waals surface area contributed by atoms with Crippen LogP contribution in [0.15, 0.2) is 15.6 Å². The molecule has 27 heavy (non-hydrogen) atoms. The summed E-state index contributed by atoms with van der Waals surface area (Å²) < 4.78 is 2.02. The molecule has 0 fully saturated rings. The van der Waals surface area contributed by atoms with Gasteiger partial charge in [0.15, 0.2) is 5.11 Å². The van der Waals surface area contributed by atoms with Gasteiger partial charge in [-0.3, -0.25) is 4.79 Å². The topological polar surface area (TPSA) is 114 Å². The average molecular weight is 439 g/mol. The molecule has 0 unspecified atom stereocenters. The third kappa shape index (κ3) is 24.4. The summed E-state index contributed by atoms with van der Waals surface area (Å²) in [6.45, 7) is 10.4. The first kappa shape index (κ1) is 30.1. The van der Waals surface area contributed by atoms with Gasteiger partial charge in [-0.1, -0.05) is 0 Å². The summed E-state index contributed by atoms with van der Waals surface area (Å²) in [4.78, 5) is 20.1. The van der Waals surface area contributed by atoms with E-state index in [1.54, 1.807) is 18.4 Å². The monoisotopic (exact) mass is 438 g/mol. The molecule has 11 heteroatoms. The van der Waals surface area contributed by atoms with Crippen molar-refractivity contribution in [1.82, 2.24) is 15.3 Å². The first-order valence-electron chi connectivity index (χ1n) is 7.79. The number of nitrogens with two attached hydrogens (primary N) is 1. The third-order valence-corrected chi connectivity index (χ3v) is 3.76. The molecule has 0 bridgehead atoms. The summed E-state index contributed by atoms with van der Waals surface area (Å²) in [6.07, 6.45) is 0. The number of hydrogen-bond acceptors (Lipinski definition) is 7. The lowest BCUT2D eigenvalue weighted by Gasteiger charge is -1.95. The molecule has 1 aromatic rings. The van der Waals surface area contributed by atoms with Crippen molar-refractivity contribution in [1.29, 1.82) is 0 Å². The molecule has 0 saturated heterocycles. The molecule has 156 valence electrons. The Morgan fingerprint density at radius 1 is 1.30 bits per heavy atom. The summed E-state index contributed by atoms with van der Waals surface area (Å²) in [5.41, 5.74) is 4.42. The highest BCUT2D eigenvalue weighted by atomic mass is 35.5. The van der Waals surface area contributed by atoms with Gasteiger partial charge in [0, 0.05) is 30.9 Å². The van der Waals surface area contributed by atoms with Gasteiger partial charge in [-0.2, -0.15) is 5.10 Å². The molecule has 1 aromatic heterocycles. The molecule has 0 aliphatic heterocycles. The summed E-state index contributed by atoms with van der Waals surface area (Å²) in [7, 11) is 3.69. The van der Waals surface area contributed by atoms with Gasteiger partial charge in [-0.05, 0) is 53.8 Å². The second-order valence-corrected chi connectivity index (χ2v) is 6.85. The predicted octanol–water partition coefficient (Wildman–Crippen LogP) is 2.06. The molecule has 0 aliphatic rings. The van der Waals surface area contributed by atoms with Gasteiger partial charge in [0.2, 0.25) is 4.80 Å². The van der Waals surface area contributed by atoms with Gasteiger partial charge in [0.25, 0.3) is 0 Å². The Balaban J connectivity index is -0.000000324. The van der Waals surface area contributed by atoms with E-state index < -0.39 is 0 Å². The fraction of sp³-hybridized carbons (Fsp3) is 0.562. The van der Waals surface area contributed by atoms with Gasteiger partial charge in [0.05, 0.1) is 5.88 Å². The van der Waals surface area contributed by atoms with E-state index in [0.717, 1.165) is 10.5 Å². The number of alkyl halides is 1. The summed E-state index contributed by atoms with van der Waals surface area (Å²) in [5.74, 6) is 5.15. The highest BCUT2D eigenvalue weighted by Gasteiger charge is 1.92. The van der Waals surface area contributed by atoms with Crippen molar-refractivity contribution in [2.24, 2.45) is 23.1 Å². The van der Waals surface area contributed by atoms with E-state index >= 15 is 0 Å². The van der Waals surface area contributed by atoms with Crippen LogP contribution in [-0.2, 0) is 16.6 Å². The van der Waals surface area contributed by atoms with Crippen LogP contribution >= 0.6 is 35.2 Å². The summed E-state index contributed by atoms with van der Waals surface area (Å²) in [6, 6.07) is 0. The minimum atomic E-state index is 0.0201. The molecule has 0 aromatic carbocycles. The van der Waals surface area contributed by atoms with Crippen LogP contribution in [-0.4, -0.2) is 39.9 Å². The number of carbonyl (C=O) groups excluding carboxylic acids is 2. The normalized spacial score (nSPS) is 9.19. The third-order valence-electron chi connectivity index (χ3n) is 2.03. The maximum atomic E-state index is 9.68. The number of nitrogens with zero attached hydrogens (tertiary/aromatic N) is 3. The van der Waals surface area contributed by atoms with Crippen molar-refractivity contribution < 1.29 is 9.59 Å². The first-order valence-corrected chi connectivity index (χ1v) is 9.61. The van der Waals surface area contributed by atoms with Gasteiger partial charge < -0.3 is 20.1 Å². The molecule has 8 nitrogen and oxygen atoms in total. The van der Waals surface area contributed by atoms with E-state index in [1.807, 2.05) is 25.5 Å². The SMILES string of the molecule is CC(=O)CCl.CC(C)=N/N=c1\scc(C)n1C.CC(C)=O.CNC(=S)NN. The minimum absolute atomic E-state index is 0.0201. The van der Waals surface area contributed by atoms with E-state index in [9.17, 15) is 9.59 Å².